The third kappa shape index (κ3) is 6.38. The standard InChI is InChI=1S/C31H33FN4O4/c32-26-16-24(12-13-28(26)35-31(38)33-21-8-9-21)40-30-5-3-4-27-25(30)17-29(34-27)20-6-10-23(11-7-20)39-19-22(37)18-36-14-1-2-15-36/h3-7,10-13,16-17,21-22,34,37H,1-2,8-9,14-15,18-19H2,(H2,33,35,38)/t22-/m1/s1. The molecule has 3 aromatic carbocycles. The highest BCUT2D eigenvalue weighted by Gasteiger charge is 2.23. The molecule has 1 saturated heterocycles. The zero-order chi connectivity index (χ0) is 27.5. The molecule has 1 aliphatic carbocycles. The maximum Gasteiger partial charge on any atom is 0.319 e. The summed E-state index contributed by atoms with van der Waals surface area (Å²) in [6.45, 7) is 2.99. The number of halogens is 1. The number of β-amino-alcohol motifs (C(OH)–C–C–N with tert-alkyl or cyclic N) is 1. The molecule has 0 bridgehead atoms. The lowest BCUT2D eigenvalue weighted by molar-refractivity contribution is 0.0758. The first-order valence-corrected chi connectivity index (χ1v) is 13.8. The zero-order valence-electron chi connectivity index (χ0n) is 22.2. The number of carbonyl (C=O) groups excluding carboxylic acids is 1. The first kappa shape index (κ1) is 26.2. The van der Waals surface area contributed by atoms with Crippen molar-refractivity contribution in [1.29, 1.82) is 0 Å². The van der Waals surface area contributed by atoms with E-state index in [1.165, 1.54) is 25.0 Å². The summed E-state index contributed by atoms with van der Waals surface area (Å²) in [7, 11) is 0. The number of ether oxygens (including phenoxy) is 2. The number of nitrogens with one attached hydrogen (secondary N) is 3. The van der Waals surface area contributed by atoms with E-state index in [0.29, 0.717) is 23.8 Å². The van der Waals surface area contributed by atoms with Crippen molar-refractivity contribution in [2.75, 3.05) is 31.6 Å². The van der Waals surface area contributed by atoms with E-state index < -0.39 is 18.0 Å². The van der Waals surface area contributed by atoms with Crippen LogP contribution in [0.5, 0.6) is 17.2 Å². The molecule has 1 saturated carbocycles. The van der Waals surface area contributed by atoms with E-state index in [1.807, 2.05) is 48.5 Å². The molecule has 9 heteroatoms. The number of rotatable bonds is 10. The number of hydrogen-bond donors (Lipinski definition) is 4. The van der Waals surface area contributed by atoms with Gasteiger partial charge in [-0.05, 0) is 98.9 Å². The minimum atomic E-state index is -0.573. The van der Waals surface area contributed by atoms with Crippen LogP contribution in [0, 0.1) is 5.82 Å². The van der Waals surface area contributed by atoms with E-state index in [1.54, 1.807) is 6.07 Å². The van der Waals surface area contributed by atoms with Crippen molar-refractivity contribution in [3.05, 3.63) is 72.5 Å². The predicted molar refractivity (Wildman–Crippen MR) is 153 cm³/mol. The van der Waals surface area contributed by atoms with Crippen molar-refractivity contribution in [3.63, 3.8) is 0 Å². The first-order valence-electron chi connectivity index (χ1n) is 13.8. The summed E-state index contributed by atoms with van der Waals surface area (Å²) < 4.78 is 26.5. The van der Waals surface area contributed by atoms with E-state index in [9.17, 15) is 14.3 Å². The number of nitrogens with zero attached hydrogens (tertiary/aromatic N) is 1. The Balaban J connectivity index is 1.10. The van der Waals surface area contributed by atoms with Crippen molar-refractivity contribution in [3.8, 4) is 28.5 Å². The Kier molecular flexibility index (Phi) is 7.57. The van der Waals surface area contributed by atoms with Gasteiger partial charge in [0.2, 0.25) is 0 Å². The summed E-state index contributed by atoms with van der Waals surface area (Å²) in [6.07, 6.45) is 3.79. The number of aromatic amines is 1. The lowest BCUT2D eigenvalue weighted by Gasteiger charge is -2.19. The maximum atomic E-state index is 14.7. The fourth-order valence-electron chi connectivity index (χ4n) is 4.97. The topological polar surface area (TPSA) is 98.8 Å². The smallest absolute Gasteiger partial charge is 0.319 e. The van der Waals surface area contributed by atoms with Crippen LogP contribution in [0.3, 0.4) is 0 Å². The zero-order valence-corrected chi connectivity index (χ0v) is 22.2. The van der Waals surface area contributed by atoms with Gasteiger partial charge < -0.3 is 35.1 Å². The molecular formula is C31H33FN4O4. The second-order valence-electron chi connectivity index (χ2n) is 10.5. The van der Waals surface area contributed by atoms with Crippen LogP contribution in [0.4, 0.5) is 14.9 Å². The second kappa shape index (κ2) is 11.6. The van der Waals surface area contributed by atoms with Gasteiger partial charge in [0.25, 0.3) is 0 Å². The fraction of sp³-hybridized carbons (Fsp3) is 0.323. The largest absolute Gasteiger partial charge is 0.491 e. The molecule has 6 rings (SSSR count). The van der Waals surface area contributed by atoms with Crippen LogP contribution in [0.1, 0.15) is 25.7 Å². The Morgan fingerprint density at radius 1 is 1.05 bits per heavy atom. The molecule has 2 amide bonds. The van der Waals surface area contributed by atoms with Crippen molar-refractivity contribution in [2.24, 2.45) is 0 Å². The molecule has 2 aliphatic rings. The van der Waals surface area contributed by atoms with Crippen LogP contribution in [-0.4, -0.2) is 59.4 Å². The molecular weight excluding hydrogens is 511 g/mol. The number of aromatic nitrogens is 1. The molecule has 4 aromatic rings. The maximum absolute atomic E-state index is 14.7. The minimum Gasteiger partial charge on any atom is -0.491 e. The number of likely N-dealkylation sites (tertiary alicyclic amines) is 1. The number of urea groups is 1. The van der Waals surface area contributed by atoms with Crippen LogP contribution >= 0.6 is 0 Å². The average Bonchev–Trinajstić information content (AvgIpc) is 3.41. The van der Waals surface area contributed by atoms with Gasteiger partial charge in [0.1, 0.15) is 35.8 Å². The summed E-state index contributed by atoms with van der Waals surface area (Å²) in [5.41, 5.74) is 2.85. The summed E-state index contributed by atoms with van der Waals surface area (Å²) in [5, 5.41) is 16.5. The van der Waals surface area contributed by atoms with Crippen LogP contribution in [-0.2, 0) is 0 Å². The van der Waals surface area contributed by atoms with Gasteiger partial charge in [0.15, 0.2) is 0 Å². The highest BCUT2D eigenvalue weighted by atomic mass is 19.1. The third-order valence-corrected chi connectivity index (χ3v) is 7.23. The molecule has 2 heterocycles. The number of anilines is 1. The third-order valence-electron chi connectivity index (χ3n) is 7.23. The van der Waals surface area contributed by atoms with Gasteiger partial charge in [-0.2, -0.15) is 0 Å². The Labute approximate surface area is 232 Å². The number of hydrogen-bond acceptors (Lipinski definition) is 5. The van der Waals surface area contributed by atoms with Gasteiger partial charge in [-0.15, -0.1) is 0 Å². The molecule has 40 heavy (non-hydrogen) atoms. The number of fused-ring (bicyclic) bond motifs is 1. The van der Waals surface area contributed by atoms with Crippen molar-refractivity contribution < 1.29 is 23.8 Å². The highest BCUT2D eigenvalue weighted by Crippen LogP contribution is 2.34. The number of carbonyl (C=O) groups is 1. The van der Waals surface area contributed by atoms with Crippen molar-refractivity contribution in [2.45, 2.75) is 37.8 Å². The lowest BCUT2D eigenvalue weighted by Crippen LogP contribution is -2.33. The Morgan fingerprint density at radius 2 is 1.82 bits per heavy atom. The molecule has 208 valence electrons. The van der Waals surface area contributed by atoms with Gasteiger partial charge in [-0.3, -0.25) is 0 Å². The van der Waals surface area contributed by atoms with Gasteiger partial charge in [-0.1, -0.05) is 6.07 Å². The fourth-order valence-corrected chi connectivity index (χ4v) is 4.97. The molecule has 4 N–H and O–H groups in total. The van der Waals surface area contributed by atoms with Crippen LogP contribution < -0.4 is 20.1 Å². The van der Waals surface area contributed by atoms with Crippen molar-refractivity contribution >= 4 is 22.6 Å². The summed E-state index contributed by atoms with van der Waals surface area (Å²) in [6, 6.07) is 19.5. The molecule has 0 radical (unpaired) electrons. The Hall–Kier alpha value is -4.08. The van der Waals surface area contributed by atoms with Crippen LogP contribution in [0.25, 0.3) is 22.2 Å². The monoisotopic (exact) mass is 544 g/mol. The molecule has 0 unspecified atom stereocenters. The highest BCUT2D eigenvalue weighted by molar-refractivity contribution is 5.91. The number of aliphatic hydroxyl groups is 1. The number of aliphatic hydroxyl groups excluding tert-OH is 1. The van der Waals surface area contributed by atoms with Gasteiger partial charge >= 0.3 is 6.03 Å². The van der Waals surface area contributed by atoms with Gasteiger partial charge in [0, 0.05) is 35.2 Å². The molecule has 2 fully saturated rings. The summed E-state index contributed by atoms with van der Waals surface area (Å²) >= 11 is 0. The average molecular weight is 545 g/mol. The first-order chi connectivity index (χ1) is 19.5. The van der Waals surface area contributed by atoms with E-state index in [4.69, 9.17) is 9.47 Å². The molecule has 1 atom stereocenters. The number of benzene rings is 3. The van der Waals surface area contributed by atoms with Gasteiger partial charge in [-0.25, -0.2) is 9.18 Å². The minimum absolute atomic E-state index is 0.0983. The number of H-pyrrole nitrogens is 1. The van der Waals surface area contributed by atoms with E-state index in [-0.39, 0.29) is 18.3 Å². The normalized spacial score (nSPS) is 16.1. The molecule has 0 spiro atoms. The van der Waals surface area contributed by atoms with Gasteiger partial charge in [0.05, 0.1) is 5.69 Å². The summed E-state index contributed by atoms with van der Waals surface area (Å²) in [5.74, 6) is 1.04. The number of amides is 2. The quantitative estimate of drug-likeness (QED) is 0.200. The second-order valence-corrected chi connectivity index (χ2v) is 10.5. The van der Waals surface area contributed by atoms with E-state index in [0.717, 1.165) is 48.1 Å². The summed E-state index contributed by atoms with van der Waals surface area (Å²) in [4.78, 5) is 17.6. The molecule has 1 aliphatic heterocycles. The van der Waals surface area contributed by atoms with Crippen LogP contribution in [0.15, 0.2) is 66.7 Å². The molecule has 1 aromatic heterocycles. The van der Waals surface area contributed by atoms with E-state index in [2.05, 4.69) is 20.5 Å². The van der Waals surface area contributed by atoms with E-state index >= 15 is 0 Å². The Morgan fingerprint density at radius 3 is 2.58 bits per heavy atom. The predicted octanol–water partition coefficient (Wildman–Crippen LogP) is 5.89. The van der Waals surface area contributed by atoms with Crippen LogP contribution in [0.2, 0.25) is 0 Å². The Bertz CT molecular complexity index is 1480. The lowest BCUT2D eigenvalue weighted by atomic mass is 10.1. The molecule has 8 nitrogen and oxygen atoms in total. The van der Waals surface area contributed by atoms with Crippen molar-refractivity contribution in [1.82, 2.24) is 15.2 Å². The SMILES string of the molecule is O=C(Nc1ccc(Oc2cccc3[nH]c(-c4ccc(OC[C@H](O)CN5CCCC5)cc4)cc23)cc1F)NC1CC1.